The zero-order chi connectivity index (χ0) is 13.8. The Morgan fingerprint density at radius 3 is 1.44 bits per heavy atom. The number of hydrogen-bond acceptors (Lipinski definition) is 2. The van der Waals surface area contributed by atoms with Gasteiger partial charge in [-0.05, 0) is 30.2 Å². The van der Waals surface area contributed by atoms with E-state index in [1.165, 1.54) is 49.5 Å². The monoisotopic (exact) mass is 306 g/mol. The molecule has 5 heteroatoms. The van der Waals surface area contributed by atoms with Gasteiger partial charge in [-0.3, -0.25) is 0 Å². The number of hydrogen-bond donors (Lipinski definition) is 0. The van der Waals surface area contributed by atoms with Crippen molar-refractivity contribution in [2.75, 3.05) is 0 Å². The molecule has 0 N–H and O–H groups in total. The molecule has 0 amide bonds. The van der Waals surface area contributed by atoms with Crippen molar-refractivity contribution in [1.29, 1.82) is 0 Å². The molecule has 0 rings (SSSR count). The number of rotatable bonds is 12. The van der Waals surface area contributed by atoms with Gasteiger partial charge in [0.1, 0.15) is 0 Å². The molecule has 0 aromatic heterocycles. The highest BCUT2D eigenvalue weighted by Crippen LogP contribution is 2.14. The van der Waals surface area contributed by atoms with Crippen molar-refractivity contribution in [1.82, 2.24) is 0 Å². The molecule has 0 saturated heterocycles. The van der Waals surface area contributed by atoms with E-state index < -0.39 is 27.4 Å². The van der Waals surface area contributed by atoms with E-state index in [1.54, 1.807) is 0 Å². The van der Waals surface area contributed by atoms with Crippen LogP contribution >= 0.6 is 0 Å². The van der Waals surface area contributed by atoms with Gasteiger partial charge in [-0.1, -0.05) is 53.9 Å². The summed E-state index contributed by atoms with van der Waals surface area (Å²) in [6.07, 6.45) is 3.95. The first kappa shape index (κ1) is 18.6. The van der Waals surface area contributed by atoms with Crippen LogP contribution in [0.2, 0.25) is 30.2 Å². The van der Waals surface area contributed by atoms with Crippen LogP contribution in [-0.4, -0.2) is 27.4 Å². The molecule has 0 fully saturated rings. The van der Waals surface area contributed by atoms with E-state index in [0.717, 1.165) is 0 Å². The molecule has 0 unspecified atom stereocenters. The van der Waals surface area contributed by atoms with Gasteiger partial charge >= 0.3 is 0 Å². The largest absolute Gasteiger partial charge is 0.441 e. The van der Waals surface area contributed by atoms with Crippen molar-refractivity contribution in [2.24, 2.45) is 0 Å². The minimum Gasteiger partial charge on any atom is -0.441 e. The average Bonchev–Trinajstić information content (AvgIpc) is 2.41. The van der Waals surface area contributed by atoms with E-state index in [-0.39, 0.29) is 0 Å². The van der Waals surface area contributed by atoms with Crippen LogP contribution in [-0.2, 0) is 8.23 Å². The Bertz CT molecular complexity index is 160. The van der Waals surface area contributed by atoms with Gasteiger partial charge in [-0.15, -0.1) is 0 Å². The molecule has 0 radical (unpaired) electrons. The smallest absolute Gasteiger partial charge is 0.300 e. The maximum atomic E-state index is 6.42. The summed E-state index contributed by atoms with van der Waals surface area (Å²) < 4.78 is 12.8. The molecule has 0 aromatic rings. The van der Waals surface area contributed by atoms with Crippen molar-refractivity contribution >= 4 is 27.4 Å². The molecule has 0 heterocycles. The van der Waals surface area contributed by atoms with Crippen molar-refractivity contribution in [2.45, 2.75) is 84.1 Å². The highest BCUT2D eigenvalue weighted by Gasteiger charge is 2.21. The van der Waals surface area contributed by atoms with Gasteiger partial charge in [0.25, 0.3) is 9.28 Å². The third kappa shape index (κ3) is 8.63. The molecule has 0 bridgehead atoms. The summed E-state index contributed by atoms with van der Waals surface area (Å²) in [5.41, 5.74) is 0. The first-order valence-electron chi connectivity index (χ1n) is 8.02. The first-order chi connectivity index (χ1) is 8.71. The molecule has 18 heavy (non-hydrogen) atoms. The van der Waals surface area contributed by atoms with Crippen LogP contribution in [0.4, 0.5) is 0 Å². The first-order valence-corrected chi connectivity index (χ1v) is 14.0. The van der Waals surface area contributed by atoms with Crippen molar-refractivity contribution in [3.8, 4) is 0 Å². The van der Waals surface area contributed by atoms with E-state index in [9.17, 15) is 0 Å². The quantitative estimate of drug-likeness (QED) is 0.401. The molecule has 0 spiro atoms. The van der Waals surface area contributed by atoms with Gasteiger partial charge < -0.3 is 8.23 Å². The molecular formula is C13H34O2Si3. The average molecular weight is 307 g/mol. The van der Waals surface area contributed by atoms with E-state index in [1.807, 2.05) is 0 Å². The van der Waals surface area contributed by atoms with Gasteiger partial charge in [0.05, 0.1) is 0 Å². The minimum absolute atomic E-state index is 0.924. The fourth-order valence-electron chi connectivity index (χ4n) is 2.12. The van der Waals surface area contributed by atoms with Gasteiger partial charge in [-0.25, -0.2) is 0 Å². The summed E-state index contributed by atoms with van der Waals surface area (Å²) >= 11 is 0. The SMILES string of the molecule is CCCCC[SiH](O[SiH](CC)CC)O[SiH](CC)CC. The lowest BCUT2D eigenvalue weighted by atomic mass is 10.3. The Morgan fingerprint density at radius 2 is 1.11 bits per heavy atom. The van der Waals surface area contributed by atoms with Crippen LogP contribution in [0.1, 0.15) is 53.9 Å². The summed E-state index contributed by atoms with van der Waals surface area (Å²) in [5, 5.41) is 0. The zero-order valence-corrected chi connectivity index (χ0v) is 16.7. The van der Waals surface area contributed by atoms with Crippen molar-refractivity contribution in [3.05, 3.63) is 0 Å². The van der Waals surface area contributed by atoms with Crippen LogP contribution in [0.3, 0.4) is 0 Å². The zero-order valence-electron chi connectivity index (χ0n) is 13.2. The summed E-state index contributed by atoms with van der Waals surface area (Å²) in [6.45, 7) is 11.4. The van der Waals surface area contributed by atoms with Gasteiger partial charge in [0, 0.05) is 0 Å². The highest BCUT2D eigenvalue weighted by molar-refractivity contribution is 6.68. The molecule has 0 saturated carbocycles. The third-order valence-electron chi connectivity index (χ3n) is 3.55. The van der Waals surface area contributed by atoms with E-state index in [0.29, 0.717) is 0 Å². The Morgan fingerprint density at radius 1 is 0.667 bits per heavy atom. The molecule has 110 valence electrons. The summed E-state index contributed by atoms with van der Waals surface area (Å²) in [5.74, 6) is 0. The summed E-state index contributed by atoms with van der Waals surface area (Å²) in [6, 6.07) is 6.31. The topological polar surface area (TPSA) is 18.5 Å². The molecule has 0 atom stereocenters. The van der Waals surface area contributed by atoms with Gasteiger partial charge in [-0.2, -0.15) is 0 Å². The lowest BCUT2D eigenvalue weighted by Gasteiger charge is -2.25. The van der Waals surface area contributed by atoms with E-state index in [4.69, 9.17) is 8.23 Å². The molecule has 2 nitrogen and oxygen atoms in total. The molecule has 0 aromatic carbocycles. The molecule has 0 aliphatic heterocycles. The Balaban J connectivity index is 4.21. The van der Waals surface area contributed by atoms with Crippen molar-refractivity contribution in [3.63, 3.8) is 0 Å². The van der Waals surface area contributed by atoms with Crippen molar-refractivity contribution < 1.29 is 8.23 Å². The van der Waals surface area contributed by atoms with Crippen LogP contribution in [0.5, 0.6) is 0 Å². The lowest BCUT2D eigenvalue weighted by Crippen LogP contribution is -2.36. The van der Waals surface area contributed by atoms with Crippen LogP contribution in [0.15, 0.2) is 0 Å². The Kier molecular flexibility index (Phi) is 13.0. The second-order valence-corrected chi connectivity index (χ2v) is 14.4. The van der Waals surface area contributed by atoms with Crippen LogP contribution in [0.25, 0.3) is 0 Å². The Hall–Kier alpha value is 0.571. The normalized spacial score (nSPS) is 12.0. The second kappa shape index (κ2) is 12.6. The lowest BCUT2D eigenvalue weighted by molar-refractivity contribution is 0.423. The van der Waals surface area contributed by atoms with Crippen LogP contribution in [0, 0.1) is 0 Å². The molecular weight excluding hydrogens is 272 g/mol. The summed E-state index contributed by atoms with van der Waals surface area (Å²) in [7, 11) is -3.18. The van der Waals surface area contributed by atoms with Gasteiger partial charge in [0.2, 0.25) is 0 Å². The highest BCUT2D eigenvalue weighted by atomic mass is 28.4. The molecule has 0 aliphatic rings. The number of unbranched alkanes of at least 4 members (excludes halogenated alkanes) is 2. The predicted octanol–water partition coefficient (Wildman–Crippen LogP) is 3.96. The predicted molar refractivity (Wildman–Crippen MR) is 89.9 cm³/mol. The molecule has 0 aliphatic carbocycles. The standard InChI is InChI=1S/C13H34O2Si3/c1-6-11-12-13-18(14-16(7-2)8-3)15-17(9-4)10-5/h16-18H,6-13H2,1-5H3. The fourth-order valence-corrected chi connectivity index (χ4v) is 12.3. The Labute approximate surface area is 120 Å². The maximum absolute atomic E-state index is 6.42. The van der Waals surface area contributed by atoms with Crippen LogP contribution < -0.4 is 0 Å². The van der Waals surface area contributed by atoms with Gasteiger partial charge in [0.15, 0.2) is 18.1 Å². The second-order valence-electron chi connectivity index (χ2n) is 5.07. The third-order valence-corrected chi connectivity index (χ3v) is 13.6. The summed E-state index contributed by atoms with van der Waals surface area (Å²) in [4.78, 5) is 0. The fraction of sp³-hybridized carbons (Fsp3) is 1.00. The maximum Gasteiger partial charge on any atom is 0.300 e. The minimum atomic E-state index is -1.33. The van der Waals surface area contributed by atoms with E-state index in [2.05, 4.69) is 34.6 Å². The van der Waals surface area contributed by atoms with E-state index >= 15 is 0 Å².